The molecule has 0 spiro atoms. The molecule has 0 radical (unpaired) electrons. The summed E-state index contributed by atoms with van der Waals surface area (Å²) in [5.41, 5.74) is 1.25. The number of phenolic OH excluding ortho intramolecular Hbond substituents is 1. The van der Waals surface area contributed by atoms with E-state index in [1.54, 1.807) is 24.3 Å². The second-order valence-electron chi connectivity index (χ2n) is 7.68. The van der Waals surface area contributed by atoms with E-state index in [-0.39, 0.29) is 17.7 Å². The largest absolute Gasteiger partial charge is 0.508 e. The van der Waals surface area contributed by atoms with Gasteiger partial charge in [-0.05, 0) is 60.9 Å². The van der Waals surface area contributed by atoms with E-state index in [1.165, 1.54) is 18.7 Å². The number of hydrogen-bond acceptors (Lipinski definition) is 4. The molecule has 2 aliphatic rings. The van der Waals surface area contributed by atoms with Crippen LogP contribution in [-0.4, -0.2) is 42.9 Å². The van der Waals surface area contributed by atoms with Crippen LogP contribution >= 0.6 is 0 Å². The third-order valence-electron chi connectivity index (χ3n) is 5.87. The summed E-state index contributed by atoms with van der Waals surface area (Å²) in [4.78, 5) is 2.52. The smallest absolute Gasteiger partial charge is 0.197 e. The van der Waals surface area contributed by atoms with Crippen LogP contribution in [0.1, 0.15) is 18.4 Å². The lowest BCUT2D eigenvalue weighted by Crippen LogP contribution is -2.26. The predicted octanol–water partition coefficient (Wildman–Crippen LogP) is 3.87. The van der Waals surface area contributed by atoms with E-state index in [9.17, 15) is 9.50 Å². The van der Waals surface area contributed by atoms with E-state index in [0.29, 0.717) is 23.3 Å². The summed E-state index contributed by atoms with van der Waals surface area (Å²) in [7, 11) is 1.54. The van der Waals surface area contributed by atoms with Gasteiger partial charge in [-0.3, -0.25) is 0 Å². The molecule has 1 N–H and O–H groups in total. The van der Waals surface area contributed by atoms with Crippen LogP contribution in [-0.2, 0) is 6.42 Å². The molecule has 2 aromatic rings. The van der Waals surface area contributed by atoms with Crippen molar-refractivity contribution in [2.45, 2.75) is 25.4 Å². The Kier molecular flexibility index (Phi) is 5.21. The zero-order valence-electron chi connectivity index (χ0n) is 15.6. The average Bonchev–Trinajstić information content (AvgIpc) is 3.21. The highest BCUT2D eigenvalue weighted by atomic mass is 19.1. The van der Waals surface area contributed by atoms with Gasteiger partial charge in [-0.15, -0.1) is 0 Å². The van der Waals surface area contributed by atoms with Gasteiger partial charge in [-0.2, -0.15) is 0 Å². The monoisotopic (exact) mass is 371 g/mol. The van der Waals surface area contributed by atoms with Gasteiger partial charge in [0, 0.05) is 19.6 Å². The molecule has 4 rings (SSSR count). The maximum absolute atomic E-state index is 14.1. The molecule has 0 aromatic heterocycles. The number of benzene rings is 2. The predicted molar refractivity (Wildman–Crippen MR) is 102 cm³/mol. The standard InChI is InChI=1S/C22H26FNO3/c1-26-21-4-2-3-20(23)22(21)27-19-11-16-13-24(14-17(16)12-19)10-9-15-5-7-18(25)8-6-15/h2-8,16-17,19,25H,9-14H2,1H3/t16-,17+,19+. The first kappa shape index (κ1) is 18.1. The van der Waals surface area contributed by atoms with Gasteiger partial charge in [-0.1, -0.05) is 18.2 Å². The molecule has 3 atom stereocenters. The lowest BCUT2D eigenvalue weighted by Gasteiger charge is -2.20. The van der Waals surface area contributed by atoms with Crippen LogP contribution in [0.2, 0.25) is 0 Å². The summed E-state index contributed by atoms with van der Waals surface area (Å²) in [5.74, 6) is 1.89. The third-order valence-corrected chi connectivity index (χ3v) is 5.87. The van der Waals surface area contributed by atoms with Gasteiger partial charge in [0.25, 0.3) is 0 Å². The van der Waals surface area contributed by atoms with Crippen molar-refractivity contribution in [2.75, 3.05) is 26.7 Å². The number of para-hydroxylation sites is 1. The number of methoxy groups -OCH3 is 1. The van der Waals surface area contributed by atoms with Crippen molar-refractivity contribution in [3.63, 3.8) is 0 Å². The molecule has 0 bridgehead atoms. The third kappa shape index (κ3) is 4.03. The van der Waals surface area contributed by atoms with Crippen LogP contribution in [0, 0.1) is 17.7 Å². The number of ether oxygens (including phenoxy) is 2. The minimum absolute atomic E-state index is 0.0602. The molecule has 5 heteroatoms. The highest BCUT2D eigenvalue weighted by Gasteiger charge is 2.42. The molecule has 1 saturated carbocycles. The van der Waals surface area contributed by atoms with Crippen LogP contribution in [0.25, 0.3) is 0 Å². The van der Waals surface area contributed by atoms with Crippen molar-refractivity contribution in [1.29, 1.82) is 0 Å². The van der Waals surface area contributed by atoms with E-state index >= 15 is 0 Å². The maximum atomic E-state index is 14.1. The summed E-state index contributed by atoms with van der Waals surface area (Å²) < 4.78 is 25.3. The van der Waals surface area contributed by atoms with Crippen LogP contribution in [0.3, 0.4) is 0 Å². The Labute approximate surface area is 159 Å². The number of likely N-dealkylation sites (tertiary alicyclic amines) is 1. The van der Waals surface area contributed by atoms with Crippen molar-refractivity contribution in [1.82, 2.24) is 4.90 Å². The van der Waals surface area contributed by atoms with Gasteiger partial charge in [0.05, 0.1) is 13.2 Å². The lowest BCUT2D eigenvalue weighted by atomic mass is 10.0. The van der Waals surface area contributed by atoms with Gasteiger partial charge in [0.2, 0.25) is 0 Å². The van der Waals surface area contributed by atoms with Crippen molar-refractivity contribution in [3.05, 3.63) is 53.8 Å². The van der Waals surface area contributed by atoms with Crippen molar-refractivity contribution < 1.29 is 19.0 Å². The van der Waals surface area contributed by atoms with E-state index in [0.717, 1.165) is 38.9 Å². The summed E-state index contributed by atoms with van der Waals surface area (Å²) in [6.07, 6.45) is 2.99. The molecule has 2 aromatic carbocycles. The highest BCUT2D eigenvalue weighted by molar-refractivity contribution is 5.41. The van der Waals surface area contributed by atoms with Crippen LogP contribution in [0.5, 0.6) is 17.2 Å². The van der Waals surface area contributed by atoms with E-state index in [4.69, 9.17) is 9.47 Å². The van der Waals surface area contributed by atoms with E-state index < -0.39 is 0 Å². The van der Waals surface area contributed by atoms with Gasteiger partial charge in [-0.25, -0.2) is 4.39 Å². The van der Waals surface area contributed by atoms with Crippen molar-refractivity contribution in [3.8, 4) is 17.2 Å². The zero-order valence-corrected chi connectivity index (χ0v) is 15.6. The van der Waals surface area contributed by atoms with E-state index in [2.05, 4.69) is 4.90 Å². The minimum Gasteiger partial charge on any atom is -0.508 e. The number of nitrogens with zero attached hydrogens (tertiary/aromatic N) is 1. The molecule has 1 aliphatic heterocycles. The summed E-state index contributed by atoms with van der Waals surface area (Å²) in [5, 5.41) is 9.37. The van der Waals surface area contributed by atoms with Gasteiger partial charge in [0.15, 0.2) is 17.3 Å². The van der Waals surface area contributed by atoms with Gasteiger partial charge in [0.1, 0.15) is 5.75 Å². The minimum atomic E-state index is -0.359. The molecular weight excluding hydrogens is 345 g/mol. The summed E-state index contributed by atoms with van der Waals surface area (Å²) >= 11 is 0. The number of fused-ring (bicyclic) bond motifs is 1. The second-order valence-corrected chi connectivity index (χ2v) is 7.68. The van der Waals surface area contributed by atoms with Crippen LogP contribution in [0.15, 0.2) is 42.5 Å². The average molecular weight is 371 g/mol. The Morgan fingerprint density at radius 1 is 1.07 bits per heavy atom. The van der Waals surface area contributed by atoms with Gasteiger partial charge < -0.3 is 19.5 Å². The first-order chi connectivity index (χ1) is 13.1. The number of phenols is 1. The molecule has 144 valence electrons. The normalized spacial score (nSPS) is 24.7. The zero-order chi connectivity index (χ0) is 18.8. The molecule has 1 heterocycles. The number of hydrogen-bond donors (Lipinski definition) is 1. The fraction of sp³-hybridized carbons (Fsp3) is 0.455. The first-order valence-corrected chi connectivity index (χ1v) is 9.62. The fourth-order valence-corrected chi connectivity index (χ4v) is 4.50. The molecule has 27 heavy (non-hydrogen) atoms. The fourth-order valence-electron chi connectivity index (χ4n) is 4.50. The Morgan fingerprint density at radius 2 is 1.78 bits per heavy atom. The number of rotatable bonds is 6. The SMILES string of the molecule is COc1cccc(F)c1O[C@H]1C[C@@H]2CN(CCc3ccc(O)cc3)C[C@@H]2C1. The Morgan fingerprint density at radius 3 is 2.44 bits per heavy atom. The first-order valence-electron chi connectivity index (χ1n) is 9.62. The second kappa shape index (κ2) is 7.77. The molecule has 1 aliphatic carbocycles. The molecule has 1 saturated heterocycles. The summed E-state index contributed by atoms with van der Waals surface area (Å²) in [6.45, 7) is 3.19. The Balaban J connectivity index is 1.29. The maximum Gasteiger partial charge on any atom is 0.197 e. The molecule has 2 fully saturated rings. The van der Waals surface area contributed by atoms with Crippen LogP contribution < -0.4 is 9.47 Å². The molecule has 4 nitrogen and oxygen atoms in total. The lowest BCUT2D eigenvalue weighted by molar-refractivity contribution is 0.172. The van der Waals surface area contributed by atoms with E-state index in [1.807, 2.05) is 12.1 Å². The van der Waals surface area contributed by atoms with Crippen molar-refractivity contribution >= 4 is 0 Å². The molecule has 0 amide bonds. The number of aromatic hydroxyl groups is 1. The van der Waals surface area contributed by atoms with Crippen molar-refractivity contribution in [2.24, 2.45) is 11.8 Å². The highest BCUT2D eigenvalue weighted by Crippen LogP contribution is 2.41. The topological polar surface area (TPSA) is 41.9 Å². The summed E-state index contributed by atoms with van der Waals surface area (Å²) in [6, 6.07) is 12.2. The molecular formula is C22H26FNO3. The quantitative estimate of drug-likeness (QED) is 0.837. The number of halogens is 1. The van der Waals surface area contributed by atoms with Gasteiger partial charge >= 0.3 is 0 Å². The Hall–Kier alpha value is -2.27. The Bertz CT molecular complexity index is 766. The van der Waals surface area contributed by atoms with Crippen LogP contribution in [0.4, 0.5) is 4.39 Å². The molecule has 0 unspecified atom stereocenters.